The molecule has 2 rings (SSSR count). The number of nitrogens with one attached hydrogen (secondary N) is 1. The van der Waals surface area contributed by atoms with Gasteiger partial charge in [0.2, 0.25) is 10.0 Å². The van der Waals surface area contributed by atoms with Gasteiger partial charge < -0.3 is 9.63 Å². The highest BCUT2D eigenvalue weighted by atomic mass is 32.2. The number of nitrogens with zero attached hydrogens (tertiary/aromatic N) is 1. The molecule has 2 aromatic heterocycles. The van der Waals surface area contributed by atoms with E-state index in [4.69, 9.17) is 9.63 Å². The van der Waals surface area contributed by atoms with Gasteiger partial charge in [0.1, 0.15) is 15.5 Å². The van der Waals surface area contributed by atoms with Gasteiger partial charge >= 0.3 is 5.97 Å². The molecular weight excluding hydrogens is 304 g/mol. The number of carboxylic acid groups (broad SMARTS) is 1. The second kappa shape index (κ2) is 5.35. The highest BCUT2D eigenvalue weighted by Crippen LogP contribution is 2.22. The van der Waals surface area contributed by atoms with Crippen molar-refractivity contribution in [1.82, 2.24) is 9.88 Å². The van der Waals surface area contributed by atoms with Crippen LogP contribution >= 0.6 is 11.3 Å². The molecule has 0 aliphatic heterocycles. The third-order valence-electron chi connectivity index (χ3n) is 2.73. The molecule has 9 heteroatoms. The Kier molecular flexibility index (Phi) is 3.93. The average molecular weight is 316 g/mol. The highest BCUT2D eigenvalue weighted by molar-refractivity contribution is 7.89. The third-order valence-corrected chi connectivity index (χ3v) is 5.21. The summed E-state index contributed by atoms with van der Waals surface area (Å²) in [5, 5.41) is 14.1. The molecule has 0 saturated heterocycles. The first-order valence-corrected chi connectivity index (χ1v) is 7.91. The maximum absolute atomic E-state index is 12.1. The van der Waals surface area contributed by atoms with Crippen molar-refractivity contribution >= 4 is 27.3 Å². The number of aromatic carboxylic acids is 1. The molecule has 0 spiro atoms. The molecule has 0 fully saturated rings. The molecule has 2 heterocycles. The quantitative estimate of drug-likeness (QED) is 0.865. The minimum atomic E-state index is -3.89. The lowest BCUT2D eigenvalue weighted by molar-refractivity contribution is 0.0698. The van der Waals surface area contributed by atoms with Crippen molar-refractivity contribution in [3.05, 3.63) is 33.3 Å². The van der Waals surface area contributed by atoms with Crippen LogP contribution in [0.25, 0.3) is 0 Å². The lowest BCUT2D eigenvalue weighted by atomic mass is 10.2. The van der Waals surface area contributed by atoms with E-state index >= 15 is 0 Å². The molecule has 0 saturated carbocycles. The largest absolute Gasteiger partial charge is 0.477 e. The zero-order valence-electron chi connectivity index (χ0n) is 10.7. The summed E-state index contributed by atoms with van der Waals surface area (Å²) in [6.45, 7) is 3.38. The fourth-order valence-corrected chi connectivity index (χ4v) is 3.92. The van der Waals surface area contributed by atoms with E-state index in [2.05, 4.69) is 9.88 Å². The molecule has 0 atom stereocenters. The summed E-state index contributed by atoms with van der Waals surface area (Å²) in [5.74, 6) is -0.744. The number of carbonyl (C=O) groups is 1. The van der Waals surface area contributed by atoms with Crippen molar-refractivity contribution in [2.75, 3.05) is 0 Å². The van der Waals surface area contributed by atoms with Gasteiger partial charge in [-0.1, -0.05) is 5.16 Å². The number of sulfonamides is 1. The maximum atomic E-state index is 12.1. The first-order valence-electron chi connectivity index (χ1n) is 5.55. The van der Waals surface area contributed by atoms with Crippen LogP contribution in [0.2, 0.25) is 0 Å². The monoisotopic (exact) mass is 316 g/mol. The molecular formula is C11H12N2O5S2. The van der Waals surface area contributed by atoms with Crippen LogP contribution in [-0.2, 0) is 16.6 Å². The van der Waals surface area contributed by atoms with E-state index in [1.54, 1.807) is 13.8 Å². The molecule has 20 heavy (non-hydrogen) atoms. The Bertz CT molecular complexity index is 725. The topological polar surface area (TPSA) is 110 Å². The van der Waals surface area contributed by atoms with Crippen molar-refractivity contribution in [2.45, 2.75) is 25.3 Å². The summed E-state index contributed by atoms with van der Waals surface area (Å²) in [6, 6.07) is 1.27. The van der Waals surface area contributed by atoms with Crippen LogP contribution in [0.1, 0.15) is 26.7 Å². The number of rotatable bonds is 5. The highest BCUT2D eigenvalue weighted by Gasteiger charge is 2.24. The lowest BCUT2D eigenvalue weighted by Gasteiger charge is -2.06. The van der Waals surface area contributed by atoms with Gasteiger partial charge in [-0.25, -0.2) is 17.9 Å². The van der Waals surface area contributed by atoms with Crippen molar-refractivity contribution < 1.29 is 22.8 Å². The standard InChI is InChI=1S/C11H12N2O5S2/c1-6-8(7(2)18-13-6)5-12-20(16,17)9-3-4-19-10(9)11(14)15/h3-4,12H,5H2,1-2H3,(H,14,15). The molecule has 2 N–H and O–H groups in total. The van der Waals surface area contributed by atoms with Gasteiger partial charge in [0.25, 0.3) is 0 Å². The minimum Gasteiger partial charge on any atom is -0.477 e. The Morgan fingerprint density at radius 2 is 2.20 bits per heavy atom. The van der Waals surface area contributed by atoms with Gasteiger partial charge in [0.05, 0.1) is 5.69 Å². The summed E-state index contributed by atoms with van der Waals surface area (Å²) in [7, 11) is -3.89. The van der Waals surface area contributed by atoms with Gasteiger partial charge in [0, 0.05) is 12.1 Å². The summed E-state index contributed by atoms with van der Waals surface area (Å²) in [4.78, 5) is 10.5. The van der Waals surface area contributed by atoms with Crippen molar-refractivity contribution in [1.29, 1.82) is 0 Å². The van der Waals surface area contributed by atoms with Gasteiger partial charge in [-0.3, -0.25) is 0 Å². The van der Waals surface area contributed by atoms with Crippen molar-refractivity contribution in [3.8, 4) is 0 Å². The molecule has 0 amide bonds. The summed E-state index contributed by atoms with van der Waals surface area (Å²) in [5.41, 5.74) is 1.23. The number of aromatic nitrogens is 1. The van der Waals surface area contributed by atoms with Crippen molar-refractivity contribution in [3.63, 3.8) is 0 Å². The van der Waals surface area contributed by atoms with E-state index in [1.807, 2.05) is 0 Å². The molecule has 2 aromatic rings. The number of thiophene rings is 1. The van der Waals surface area contributed by atoms with E-state index in [9.17, 15) is 13.2 Å². The fourth-order valence-electron chi connectivity index (χ4n) is 1.66. The van der Waals surface area contributed by atoms with Crippen LogP contribution in [-0.4, -0.2) is 24.7 Å². The Labute approximate surface area is 119 Å². The Hall–Kier alpha value is -1.71. The zero-order valence-corrected chi connectivity index (χ0v) is 12.3. The summed E-state index contributed by atoms with van der Waals surface area (Å²) < 4.78 is 31.5. The molecule has 0 unspecified atom stereocenters. The van der Waals surface area contributed by atoms with Crippen LogP contribution in [0, 0.1) is 13.8 Å². The van der Waals surface area contributed by atoms with Gasteiger partial charge in [-0.15, -0.1) is 11.3 Å². The normalized spacial score (nSPS) is 11.7. The first-order chi connectivity index (χ1) is 9.33. The van der Waals surface area contributed by atoms with Crippen LogP contribution in [0.5, 0.6) is 0 Å². The number of carboxylic acids is 1. The van der Waals surface area contributed by atoms with E-state index in [-0.39, 0.29) is 16.3 Å². The van der Waals surface area contributed by atoms with E-state index < -0.39 is 16.0 Å². The summed E-state index contributed by atoms with van der Waals surface area (Å²) >= 11 is 0.865. The Morgan fingerprint density at radius 1 is 1.50 bits per heavy atom. The number of hydrogen-bond donors (Lipinski definition) is 2. The van der Waals surface area contributed by atoms with Crippen LogP contribution in [0.4, 0.5) is 0 Å². The molecule has 0 aliphatic carbocycles. The lowest BCUT2D eigenvalue weighted by Crippen LogP contribution is -2.24. The predicted molar refractivity (Wildman–Crippen MR) is 71.3 cm³/mol. The summed E-state index contributed by atoms with van der Waals surface area (Å²) in [6.07, 6.45) is 0. The van der Waals surface area contributed by atoms with Gasteiger partial charge in [0.15, 0.2) is 0 Å². The average Bonchev–Trinajstić information content (AvgIpc) is 2.96. The van der Waals surface area contributed by atoms with Gasteiger partial charge in [-0.05, 0) is 25.3 Å². The zero-order chi connectivity index (χ0) is 14.9. The molecule has 0 bridgehead atoms. The minimum absolute atomic E-state index is 0.00158. The SMILES string of the molecule is Cc1noc(C)c1CNS(=O)(=O)c1ccsc1C(=O)O. The number of hydrogen-bond acceptors (Lipinski definition) is 6. The maximum Gasteiger partial charge on any atom is 0.347 e. The van der Waals surface area contributed by atoms with E-state index in [0.29, 0.717) is 17.0 Å². The Balaban J connectivity index is 2.24. The molecule has 108 valence electrons. The second-order valence-electron chi connectivity index (χ2n) is 4.05. The predicted octanol–water partition coefficient (Wildman–Crippen LogP) is 1.53. The molecule has 0 aromatic carbocycles. The fraction of sp³-hybridized carbons (Fsp3) is 0.273. The van der Waals surface area contributed by atoms with Gasteiger partial charge in [-0.2, -0.15) is 0 Å². The van der Waals surface area contributed by atoms with E-state index in [0.717, 1.165) is 11.3 Å². The number of aryl methyl sites for hydroxylation is 2. The molecule has 0 radical (unpaired) electrons. The molecule has 7 nitrogen and oxygen atoms in total. The second-order valence-corrected chi connectivity index (χ2v) is 6.70. The molecule has 0 aliphatic rings. The smallest absolute Gasteiger partial charge is 0.347 e. The van der Waals surface area contributed by atoms with Crippen LogP contribution < -0.4 is 4.72 Å². The Morgan fingerprint density at radius 3 is 2.75 bits per heavy atom. The first kappa shape index (κ1) is 14.7. The third kappa shape index (κ3) is 2.74. The van der Waals surface area contributed by atoms with Crippen LogP contribution in [0.3, 0.4) is 0 Å². The van der Waals surface area contributed by atoms with Crippen molar-refractivity contribution in [2.24, 2.45) is 0 Å². The van der Waals surface area contributed by atoms with Crippen LogP contribution in [0.15, 0.2) is 20.9 Å². The van der Waals surface area contributed by atoms with E-state index in [1.165, 1.54) is 11.4 Å².